The van der Waals surface area contributed by atoms with Crippen molar-refractivity contribution in [3.8, 4) is 0 Å². The first-order chi connectivity index (χ1) is 9.66. The van der Waals surface area contributed by atoms with Gasteiger partial charge in [0.25, 0.3) is 0 Å². The van der Waals surface area contributed by atoms with E-state index in [9.17, 15) is 5.11 Å². The summed E-state index contributed by atoms with van der Waals surface area (Å²) in [6.07, 6.45) is 6.99. The standard InChI is InChI=1S/C15H26N4O/c1-11-16-17-15(18(11)2)10-19-9-5-7-13(19)12-6-3-4-8-14(12)20/h12-14,20H,3-10H2,1-2H3. The predicted molar refractivity (Wildman–Crippen MR) is 77.1 cm³/mol. The third kappa shape index (κ3) is 2.61. The lowest BCUT2D eigenvalue weighted by atomic mass is 9.80. The molecule has 1 aromatic rings. The summed E-state index contributed by atoms with van der Waals surface area (Å²) in [6, 6.07) is 0.530. The van der Waals surface area contributed by atoms with Gasteiger partial charge in [-0.2, -0.15) is 0 Å². The van der Waals surface area contributed by atoms with E-state index in [1.165, 1.54) is 32.1 Å². The first-order valence-corrected chi connectivity index (χ1v) is 7.94. The zero-order chi connectivity index (χ0) is 14.1. The predicted octanol–water partition coefficient (Wildman–Crippen LogP) is 1.64. The summed E-state index contributed by atoms with van der Waals surface area (Å²) in [5, 5.41) is 18.7. The summed E-state index contributed by atoms with van der Waals surface area (Å²) in [4.78, 5) is 2.52. The summed E-state index contributed by atoms with van der Waals surface area (Å²) in [7, 11) is 2.03. The van der Waals surface area contributed by atoms with Crippen LogP contribution in [-0.2, 0) is 13.6 Å². The Balaban J connectivity index is 1.70. The molecule has 1 aromatic heterocycles. The van der Waals surface area contributed by atoms with Gasteiger partial charge < -0.3 is 9.67 Å². The van der Waals surface area contributed by atoms with Gasteiger partial charge in [0.15, 0.2) is 0 Å². The van der Waals surface area contributed by atoms with Crippen molar-refractivity contribution in [1.82, 2.24) is 19.7 Å². The number of hydrogen-bond donors (Lipinski definition) is 1. The fourth-order valence-electron chi connectivity index (χ4n) is 3.89. The van der Waals surface area contributed by atoms with Gasteiger partial charge in [-0.1, -0.05) is 12.8 Å². The monoisotopic (exact) mass is 278 g/mol. The molecule has 1 saturated heterocycles. The molecule has 20 heavy (non-hydrogen) atoms. The molecule has 1 saturated carbocycles. The van der Waals surface area contributed by atoms with Crippen LogP contribution in [0.2, 0.25) is 0 Å². The molecule has 112 valence electrons. The maximum absolute atomic E-state index is 10.3. The smallest absolute Gasteiger partial charge is 0.146 e. The van der Waals surface area contributed by atoms with Crippen molar-refractivity contribution in [3.63, 3.8) is 0 Å². The first-order valence-electron chi connectivity index (χ1n) is 7.94. The zero-order valence-corrected chi connectivity index (χ0v) is 12.6. The molecule has 5 nitrogen and oxygen atoms in total. The summed E-state index contributed by atoms with van der Waals surface area (Å²) in [5.74, 6) is 2.47. The second-order valence-electron chi connectivity index (χ2n) is 6.42. The van der Waals surface area contributed by atoms with Crippen molar-refractivity contribution in [2.45, 2.75) is 64.1 Å². The van der Waals surface area contributed by atoms with Crippen LogP contribution in [0, 0.1) is 12.8 Å². The molecular formula is C15H26N4O. The van der Waals surface area contributed by atoms with Gasteiger partial charge in [-0.25, -0.2) is 0 Å². The van der Waals surface area contributed by atoms with Crippen molar-refractivity contribution >= 4 is 0 Å². The van der Waals surface area contributed by atoms with Crippen molar-refractivity contribution in [1.29, 1.82) is 0 Å². The Morgan fingerprint density at radius 1 is 1.15 bits per heavy atom. The minimum Gasteiger partial charge on any atom is -0.393 e. The minimum atomic E-state index is -0.101. The average molecular weight is 278 g/mol. The Morgan fingerprint density at radius 2 is 1.95 bits per heavy atom. The van der Waals surface area contributed by atoms with Gasteiger partial charge >= 0.3 is 0 Å². The summed E-state index contributed by atoms with van der Waals surface area (Å²) < 4.78 is 2.08. The van der Waals surface area contributed by atoms with E-state index in [0.717, 1.165) is 31.2 Å². The van der Waals surface area contributed by atoms with E-state index >= 15 is 0 Å². The van der Waals surface area contributed by atoms with Crippen LogP contribution in [-0.4, -0.2) is 43.5 Å². The second-order valence-corrected chi connectivity index (χ2v) is 6.42. The van der Waals surface area contributed by atoms with Crippen molar-refractivity contribution in [3.05, 3.63) is 11.6 Å². The fourth-order valence-corrected chi connectivity index (χ4v) is 3.89. The van der Waals surface area contributed by atoms with Crippen LogP contribution in [0.5, 0.6) is 0 Å². The van der Waals surface area contributed by atoms with Crippen LogP contribution >= 0.6 is 0 Å². The Kier molecular flexibility index (Phi) is 4.08. The molecule has 0 spiro atoms. The van der Waals surface area contributed by atoms with Crippen molar-refractivity contribution in [2.75, 3.05) is 6.54 Å². The Hall–Kier alpha value is -0.940. The Bertz CT molecular complexity index is 459. The average Bonchev–Trinajstić information content (AvgIpc) is 3.02. The molecule has 2 fully saturated rings. The second kappa shape index (κ2) is 5.82. The number of nitrogens with zero attached hydrogens (tertiary/aromatic N) is 4. The molecule has 1 aliphatic carbocycles. The SMILES string of the molecule is Cc1nnc(CN2CCCC2C2CCCCC2O)n1C. The third-order valence-electron chi connectivity index (χ3n) is 5.22. The Labute approximate surface area is 121 Å². The van der Waals surface area contributed by atoms with E-state index in [1.807, 2.05) is 14.0 Å². The molecular weight excluding hydrogens is 252 g/mol. The van der Waals surface area contributed by atoms with Gasteiger partial charge in [-0.3, -0.25) is 4.90 Å². The van der Waals surface area contributed by atoms with Gasteiger partial charge in [0.05, 0.1) is 12.6 Å². The summed E-state index contributed by atoms with van der Waals surface area (Å²) >= 11 is 0. The molecule has 3 rings (SSSR count). The molecule has 0 aromatic carbocycles. The molecule has 5 heteroatoms. The van der Waals surface area contributed by atoms with Gasteiger partial charge in [0.2, 0.25) is 0 Å². The molecule has 2 heterocycles. The molecule has 0 radical (unpaired) electrons. The number of hydrogen-bond acceptors (Lipinski definition) is 4. The highest BCUT2D eigenvalue weighted by Gasteiger charge is 2.37. The lowest BCUT2D eigenvalue weighted by molar-refractivity contribution is 0.0193. The van der Waals surface area contributed by atoms with Crippen LogP contribution < -0.4 is 0 Å². The first kappa shape index (κ1) is 14.0. The van der Waals surface area contributed by atoms with E-state index in [0.29, 0.717) is 12.0 Å². The maximum Gasteiger partial charge on any atom is 0.146 e. The minimum absolute atomic E-state index is 0.101. The van der Waals surface area contributed by atoms with Crippen LogP contribution in [0.15, 0.2) is 0 Å². The molecule has 2 aliphatic rings. The lowest BCUT2D eigenvalue weighted by Crippen LogP contribution is -2.42. The van der Waals surface area contributed by atoms with Crippen LogP contribution in [0.25, 0.3) is 0 Å². The van der Waals surface area contributed by atoms with Crippen LogP contribution in [0.4, 0.5) is 0 Å². The highest BCUT2D eigenvalue weighted by molar-refractivity contribution is 4.96. The van der Waals surface area contributed by atoms with Crippen LogP contribution in [0.1, 0.15) is 50.2 Å². The zero-order valence-electron chi connectivity index (χ0n) is 12.6. The van der Waals surface area contributed by atoms with Gasteiger partial charge in [-0.05, 0) is 39.2 Å². The van der Waals surface area contributed by atoms with Crippen LogP contribution in [0.3, 0.4) is 0 Å². The molecule has 3 atom stereocenters. The largest absolute Gasteiger partial charge is 0.393 e. The highest BCUT2D eigenvalue weighted by atomic mass is 16.3. The molecule has 3 unspecified atom stereocenters. The van der Waals surface area contributed by atoms with Gasteiger partial charge in [-0.15, -0.1) is 10.2 Å². The topological polar surface area (TPSA) is 54.2 Å². The number of rotatable bonds is 3. The third-order valence-corrected chi connectivity index (χ3v) is 5.22. The van der Waals surface area contributed by atoms with Crippen molar-refractivity contribution in [2.24, 2.45) is 13.0 Å². The Morgan fingerprint density at radius 3 is 2.65 bits per heavy atom. The molecule has 0 bridgehead atoms. The molecule has 0 amide bonds. The summed E-state index contributed by atoms with van der Waals surface area (Å²) in [5.41, 5.74) is 0. The van der Waals surface area contributed by atoms with E-state index < -0.39 is 0 Å². The molecule has 1 N–H and O–H groups in total. The highest BCUT2D eigenvalue weighted by Crippen LogP contribution is 2.35. The number of aliphatic hydroxyl groups excluding tert-OH is 1. The number of aromatic nitrogens is 3. The van der Waals surface area contributed by atoms with Gasteiger partial charge in [0, 0.05) is 19.0 Å². The number of aliphatic hydroxyl groups is 1. The fraction of sp³-hybridized carbons (Fsp3) is 0.867. The number of likely N-dealkylation sites (tertiary alicyclic amines) is 1. The van der Waals surface area contributed by atoms with E-state index in [2.05, 4.69) is 19.7 Å². The van der Waals surface area contributed by atoms with Gasteiger partial charge in [0.1, 0.15) is 11.6 Å². The van der Waals surface area contributed by atoms with E-state index in [-0.39, 0.29) is 6.10 Å². The van der Waals surface area contributed by atoms with E-state index in [1.54, 1.807) is 0 Å². The molecule has 1 aliphatic heterocycles. The lowest BCUT2D eigenvalue weighted by Gasteiger charge is -2.37. The quantitative estimate of drug-likeness (QED) is 0.913. The number of aryl methyl sites for hydroxylation is 1. The normalized spacial score (nSPS) is 31.9. The van der Waals surface area contributed by atoms with Crippen molar-refractivity contribution < 1.29 is 5.11 Å². The van der Waals surface area contributed by atoms with E-state index in [4.69, 9.17) is 0 Å². The summed E-state index contributed by atoms with van der Waals surface area (Å²) in [6.45, 7) is 3.98. The maximum atomic E-state index is 10.3.